The molecule has 0 radical (unpaired) electrons. The molecule has 0 bridgehead atoms. The van der Waals surface area contributed by atoms with Crippen molar-refractivity contribution in [3.8, 4) is 11.6 Å². The summed E-state index contributed by atoms with van der Waals surface area (Å²) in [6, 6.07) is 1.91. The van der Waals surface area contributed by atoms with Crippen LogP contribution in [0.5, 0.6) is 11.6 Å². The summed E-state index contributed by atoms with van der Waals surface area (Å²) in [5.74, 6) is 1.70. The van der Waals surface area contributed by atoms with Crippen LogP contribution in [0.1, 0.15) is 31.2 Å². The zero-order chi connectivity index (χ0) is 11.4. The fraction of sp³-hybridized carbons (Fsp3) is 0.583. The van der Waals surface area contributed by atoms with Gasteiger partial charge in [0.1, 0.15) is 0 Å². The van der Waals surface area contributed by atoms with Gasteiger partial charge in [-0.2, -0.15) is 0 Å². The standard InChI is InChI=1S/C12H16ClNO2/c1-15-12-11(6-9(7-13)8-14-12)16-10-4-2-3-5-10/h6,8,10H,2-5,7H2,1H3. The van der Waals surface area contributed by atoms with E-state index < -0.39 is 0 Å². The van der Waals surface area contributed by atoms with Gasteiger partial charge in [0.25, 0.3) is 5.88 Å². The van der Waals surface area contributed by atoms with Crippen molar-refractivity contribution >= 4 is 11.6 Å². The molecular formula is C12H16ClNO2. The summed E-state index contributed by atoms with van der Waals surface area (Å²) in [6.07, 6.45) is 6.75. The highest BCUT2D eigenvalue weighted by molar-refractivity contribution is 6.17. The van der Waals surface area contributed by atoms with Gasteiger partial charge in [-0.15, -0.1) is 11.6 Å². The molecule has 0 aliphatic heterocycles. The maximum Gasteiger partial charge on any atom is 0.256 e. The average molecular weight is 242 g/mol. The second-order valence-electron chi connectivity index (χ2n) is 4.01. The third-order valence-electron chi connectivity index (χ3n) is 2.82. The van der Waals surface area contributed by atoms with Gasteiger partial charge in [0.05, 0.1) is 13.2 Å². The van der Waals surface area contributed by atoms with Crippen LogP contribution in [0.4, 0.5) is 0 Å². The van der Waals surface area contributed by atoms with Crippen molar-refractivity contribution in [2.45, 2.75) is 37.7 Å². The lowest BCUT2D eigenvalue weighted by molar-refractivity contribution is 0.198. The van der Waals surface area contributed by atoms with E-state index in [9.17, 15) is 0 Å². The van der Waals surface area contributed by atoms with Crippen LogP contribution in [-0.2, 0) is 5.88 Å². The van der Waals surface area contributed by atoms with Crippen LogP contribution in [0.2, 0.25) is 0 Å². The zero-order valence-electron chi connectivity index (χ0n) is 9.41. The molecule has 0 unspecified atom stereocenters. The molecule has 0 amide bonds. The first-order valence-corrected chi connectivity index (χ1v) is 6.12. The highest BCUT2D eigenvalue weighted by Gasteiger charge is 2.19. The molecule has 0 N–H and O–H groups in total. The number of halogens is 1. The molecule has 88 valence electrons. The third kappa shape index (κ3) is 2.59. The van der Waals surface area contributed by atoms with Crippen LogP contribution in [0.25, 0.3) is 0 Å². The maximum absolute atomic E-state index is 5.89. The van der Waals surface area contributed by atoms with Crippen molar-refractivity contribution in [1.82, 2.24) is 4.98 Å². The lowest BCUT2D eigenvalue weighted by atomic mass is 10.3. The molecule has 0 spiro atoms. The molecule has 1 aliphatic rings. The third-order valence-corrected chi connectivity index (χ3v) is 3.13. The lowest BCUT2D eigenvalue weighted by Crippen LogP contribution is -2.12. The first kappa shape index (κ1) is 11.5. The van der Waals surface area contributed by atoms with Gasteiger partial charge >= 0.3 is 0 Å². The number of alkyl halides is 1. The summed E-state index contributed by atoms with van der Waals surface area (Å²) < 4.78 is 11.1. The number of methoxy groups -OCH3 is 1. The Kier molecular flexibility index (Phi) is 3.88. The summed E-state index contributed by atoms with van der Waals surface area (Å²) in [4.78, 5) is 4.18. The van der Waals surface area contributed by atoms with E-state index in [2.05, 4.69) is 4.98 Å². The van der Waals surface area contributed by atoms with Crippen molar-refractivity contribution in [3.63, 3.8) is 0 Å². The Morgan fingerprint density at radius 2 is 2.19 bits per heavy atom. The van der Waals surface area contributed by atoms with E-state index in [-0.39, 0.29) is 0 Å². The Morgan fingerprint density at radius 3 is 2.81 bits per heavy atom. The summed E-state index contributed by atoms with van der Waals surface area (Å²) in [5, 5.41) is 0. The fourth-order valence-corrected chi connectivity index (χ4v) is 2.12. The first-order chi connectivity index (χ1) is 7.83. The molecule has 0 saturated heterocycles. The second-order valence-corrected chi connectivity index (χ2v) is 4.28. The van der Waals surface area contributed by atoms with Crippen molar-refractivity contribution < 1.29 is 9.47 Å². The van der Waals surface area contributed by atoms with E-state index in [1.54, 1.807) is 13.3 Å². The Bertz CT molecular complexity index is 351. The number of nitrogens with zero attached hydrogens (tertiary/aromatic N) is 1. The molecule has 1 fully saturated rings. The van der Waals surface area contributed by atoms with Crippen LogP contribution in [-0.4, -0.2) is 18.2 Å². The molecule has 4 heteroatoms. The van der Waals surface area contributed by atoms with Crippen LogP contribution in [0.15, 0.2) is 12.3 Å². The maximum atomic E-state index is 5.89. The summed E-state index contributed by atoms with van der Waals surface area (Å²) >= 11 is 5.77. The monoisotopic (exact) mass is 241 g/mol. The predicted molar refractivity (Wildman–Crippen MR) is 63.2 cm³/mol. The van der Waals surface area contributed by atoms with Crippen LogP contribution < -0.4 is 9.47 Å². The molecule has 1 heterocycles. The molecule has 1 saturated carbocycles. The predicted octanol–water partition coefficient (Wildman–Crippen LogP) is 3.15. The normalized spacial score (nSPS) is 16.4. The van der Waals surface area contributed by atoms with Gasteiger partial charge in [-0.1, -0.05) is 0 Å². The number of hydrogen-bond acceptors (Lipinski definition) is 3. The van der Waals surface area contributed by atoms with Gasteiger partial charge in [0.2, 0.25) is 0 Å². The molecule has 16 heavy (non-hydrogen) atoms. The van der Waals surface area contributed by atoms with Crippen LogP contribution in [0, 0.1) is 0 Å². The molecular weight excluding hydrogens is 226 g/mol. The highest BCUT2D eigenvalue weighted by atomic mass is 35.5. The number of hydrogen-bond donors (Lipinski definition) is 0. The largest absolute Gasteiger partial charge is 0.485 e. The van der Waals surface area contributed by atoms with Crippen molar-refractivity contribution in [1.29, 1.82) is 0 Å². The fourth-order valence-electron chi connectivity index (χ4n) is 1.97. The van der Waals surface area contributed by atoms with E-state index in [0.29, 0.717) is 23.6 Å². The Balaban J connectivity index is 2.15. The van der Waals surface area contributed by atoms with E-state index in [0.717, 1.165) is 18.4 Å². The minimum atomic E-state index is 0.307. The van der Waals surface area contributed by atoms with Crippen LogP contribution in [0.3, 0.4) is 0 Å². The molecule has 2 rings (SSSR count). The number of aromatic nitrogens is 1. The molecule has 0 atom stereocenters. The molecule has 1 aromatic rings. The zero-order valence-corrected chi connectivity index (χ0v) is 10.2. The SMILES string of the molecule is COc1ncc(CCl)cc1OC1CCCC1. The topological polar surface area (TPSA) is 31.4 Å². The summed E-state index contributed by atoms with van der Waals surface area (Å²) in [7, 11) is 1.60. The van der Waals surface area contributed by atoms with E-state index in [4.69, 9.17) is 21.1 Å². The molecule has 1 aliphatic carbocycles. The Hall–Kier alpha value is -0.960. The summed E-state index contributed by atoms with van der Waals surface area (Å²) in [5.41, 5.74) is 0.954. The Morgan fingerprint density at radius 1 is 1.44 bits per heavy atom. The van der Waals surface area contributed by atoms with Gasteiger partial charge in [-0.05, 0) is 37.3 Å². The first-order valence-electron chi connectivity index (χ1n) is 5.59. The smallest absolute Gasteiger partial charge is 0.256 e. The van der Waals surface area contributed by atoms with Crippen molar-refractivity contribution in [2.24, 2.45) is 0 Å². The van der Waals surface area contributed by atoms with Gasteiger partial charge in [-0.3, -0.25) is 0 Å². The number of ether oxygens (including phenoxy) is 2. The van der Waals surface area contributed by atoms with Crippen LogP contribution >= 0.6 is 11.6 Å². The highest BCUT2D eigenvalue weighted by Crippen LogP contribution is 2.30. The van der Waals surface area contributed by atoms with Gasteiger partial charge in [-0.25, -0.2) is 4.98 Å². The molecule has 0 aromatic carbocycles. The number of rotatable bonds is 4. The molecule has 3 nitrogen and oxygen atoms in total. The minimum absolute atomic E-state index is 0.307. The van der Waals surface area contributed by atoms with E-state index in [1.165, 1.54) is 12.8 Å². The van der Waals surface area contributed by atoms with E-state index >= 15 is 0 Å². The van der Waals surface area contributed by atoms with Gasteiger partial charge in [0, 0.05) is 12.1 Å². The van der Waals surface area contributed by atoms with E-state index in [1.807, 2.05) is 6.07 Å². The van der Waals surface area contributed by atoms with Crippen molar-refractivity contribution in [3.05, 3.63) is 17.8 Å². The lowest BCUT2D eigenvalue weighted by Gasteiger charge is -2.15. The molecule has 1 aromatic heterocycles. The quantitative estimate of drug-likeness (QED) is 0.759. The Labute approximate surface area is 101 Å². The average Bonchev–Trinajstić information content (AvgIpc) is 2.82. The minimum Gasteiger partial charge on any atom is -0.485 e. The van der Waals surface area contributed by atoms with Gasteiger partial charge in [0.15, 0.2) is 5.75 Å². The van der Waals surface area contributed by atoms with Crippen molar-refractivity contribution in [2.75, 3.05) is 7.11 Å². The second kappa shape index (κ2) is 5.39. The van der Waals surface area contributed by atoms with Gasteiger partial charge < -0.3 is 9.47 Å². The summed E-state index contributed by atoms with van der Waals surface area (Å²) in [6.45, 7) is 0. The number of pyridine rings is 1.